The molecule has 1 amide bonds. The minimum absolute atomic E-state index is 0.00766. The topological polar surface area (TPSA) is 66.5 Å². The minimum Gasteiger partial charge on any atom is -0.326 e. The second kappa shape index (κ2) is 6.72. The highest BCUT2D eigenvalue weighted by atomic mass is 32.2. The SMILES string of the molecule is O=C(C[C@@H]1C[C@H]2CC[C@H]1C2)Nc1cccc(S(=O)(=O)N2CCCC2)c1. The molecule has 2 saturated carbocycles. The smallest absolute Gasteiger partial charge is 0.243 e. The highest BCUT2D eigenvalue weighted by molar-refractivity contribution is 7.89. The summed E-state index contributed by atoms with van der Waals surface area (Å²) in [4.78, 5) is 12.7. The maximum Gasteiger partial charge on any atom is 0.243 e. The Labute approximate surface area is 149 Å². The van der Waals surface area contributed by atoms with Crippen molar-refractivity contribution in [2.45, 2.75) is 49.8 Å². The highest BCUT2D eigenvalue weighted by Crippen LogP contribution is 2.49. The van der Waals surface area contributed by atoms with Gasteiger partial charge in [0, 0.05) is 25.2 Å². The van der Waals surface area contributed by atoms with Gasteiger partial charge in [0.05, 0.1) is 4.90 Å². The highest BCUT2D eigenvalue weighted by Gasteiger charge is 2.40. The van der Waals surface area contributed by atoms with E-state index in [2.05, 4.69) is 5.32 Å². The molecule has 1 saturated heterocycles. The van der Waals surface area contributed by atoms with E-state index in [1.807, 2.05) is 0 Å². The molecule has 6 heteroatoms. The zero-order valence-electron chi connectivity index (χ0n) is 14.5. The Bertz CT molecular complexity index is 756. The molecule has 2 aliphatic carbocycles. The van der Waals surface area contributed by atoms with Gasteiger partial charge in [-0.3, -0.25) is 4.79 Å². The lowest BCUT2D eigenvalue weighted by molar-refractivity contribution is -0.117. The third-order valence-corrected chi connectivity index (χ3v) is 8.05. The number of nitrogens with one attached hydrogen (secondary N) is 1. The van der Waals surface area contributed by atoms with Crippen molar-refractivity contribution >= 4 is 21.6 Å². The van der Waals surface area contributed by atoms with Crippen LogP contribution >= 0.6 is 0 Å². The Morgan fingerprint density at radius 3 is 2.64 bits per heavy atom. The molecule has 1 N–H and O–H groups in total. The summed E-state index contributed by atoms with van der Waals surface area (Å²) in [6.45, 7) is 1.17. The van der Waals surface area contributed by atoms with E-state index in [4.69, 9.17) is 0 Å². The van der Waals surface area contributed by atoms with E-state index in [1.54, 1.807) is 24.3 Å². The zero-order chi connectivity index (χ0) is 17.4. The van der Waals surface area contributed by atoms with E-state index in [0.717, 1.165) is 24.7 Å². The number of fused-ring (bicyclic) bond motifs is 2. The molecule has 1 aromatic rings. The van der Waals surface area contributed by atoms with Gasteiger partial charge in [-0.15, -0.1) is 0 Å². The summed E-state index contributed by atoms with van der Waals surface area (Å²) in [5, 5.41) is 2.91. The fraction of sp³-hybridized carbons (Fsp3) is 0.632. The maximum absolute atomic E-state index is 12.7. The number of carbonyl (C=O) groups is 1. The van der Waals surface area contributed by atoms with Gasteiger partial charge in [0.1, 0.15) is 0 Å². The molecule has 0 spiro atoms. The molecule has 0 radical (unpaired) electrons. The lowest BCUT2D eigenvalue weighted by atomic mass is 9.86. The van der Waals surface area contributed by atoms with Gasteiger partial charge in [-0.2, -0.15) is 4.31 Å². The first kappa shape index (κ1) is 17.0. The van der Waals surface area contributed by atoms with Crippen LogP contribution in [0.2, 0.25) is 0 Å². The lowest BCUT2D eigenvalue weighted by Crippen LogP contribution is -2.28. The largest absolute Gasteiger partial charge is 0.326 e. The van der Waals surface area contributed by atoms with Crippen molar-refractivity contribution in [3.05, 3.63) is 24.3 Å². The average molecular weight is 362 g/mol. The number of hydrogen-bond donors (Lipinski definition) is 1. The molecule has 0 unspecified atom stereocenters. The molecule has 1 heterocycles. The van der Waals surface area contributed by atoms with Gasteiger partial charge < -0.3 is 5.32 Å². The van der Waals surface area contributed by atoms with E-state index in [0.29, 0.717) is 31.1 Å². The van der Waals surface area contributed by atoms with Gasteiger partial charge in [0.25, 0.3) is 0 Å². The first-order chi connectivity index (χ1) is 12.0. The van der Waals surface area contributed by atoms with Crippen molar-refractivity contribution in [3.8, 4) is 0 Å². The molecular formula is C19H26N2O3S. The second-order valence-corrected chi connectivity index (χ2v) is 9.76. The number of sulfonamides is 1. The fourth-order valence-electron chi connectivity index (χ4n) is 4.89. The predicted octanol–water partition coefficient (Wildman–Crippen LogP) is 3.24. The summed E-state index contributed by atoms with van der Waals surface area (Å²) < 4.78 is 26.8. The van der Waals surface area contributed by atoms with Crippen LogP contribution in [-0.4, -0.2) is 31.7 Å². The number of amides is 1. The first-order valence-corrected chi connectivity index (χ1v) is 10.9. The molecule has 2 bridgehead atoms. The predicted molar refractivity (Wildman–Crippen MR) is 96.6 cm³/mol. The van der Waals surface area contributed by atoms with E-state index >= 15 is 0 Å². The van der Waals surface area contributed by atoms with Crippen molar-refractivity contribution in [2.75, 3.05) is 18.4 Å². The van der Waals surface area contributed by atoms with Crippen LogP contribution in [0.4, 0.5) is 5.69 Å². The van der Waals surface area contributed by atoms with Crippen LogP contribution in [0.3, 0.4) is 0 Å². The lowest BCUT2D eigenvalue weighted by Gasteiger charge is -2.21. The number of nitrogens with zero attached hydrogens (tertiary/aromatic N) is 1. The molecule has 3 atom stereocenters. The first-order valence-electron chi connectivity index (χ1n) is 9.42. The Balaban J connectivity index is 1.42. The molecule has 5 nitrogen and oxygen atoms in total. The van der Waals surface area contributed by atoms with Gasteiger partial charge in [0.15, 0.2) is 0 Å². The Morgan fingerprint density at radius 1 is 1.16 bits per heavy atom. The van der Waals surface area contributed by atoms with E-state index in [-0.39, 0.29) is 10.8 Å². The minimum atomic E-state index is -3.44. The molecule has 1 aromatic carbocycles. The molecule has 0 aromatic heterocycles. The van der Waals surface area contributed by atoms with Gasteiger partial charge in [0.2, 0.25) is 15.9 Å². The van der Waals surface area contributed by atoms with Crippen molar-refractivity contribution in [3.63, 3.8) is 0 Å². The van der Waals surface area contributed by atoms with E-state index < -0.39 is 10.0 Å². The number of carbonyl (C=O) groups excluding carboxylic acids is 1. The number of anilines is 1. The van der Waals surface area contributed by atoms with Crippen LogP contribution in [0.5, 0.6) is 0 Å². The van der Waals surface area contributed by atoms with Gasteiger partial charge in [-0.1, -0.05) is 12.5 Å². The molecule has 25 heavy (non-hydrogen) atoms. The Kier molecular flexibility index (Phi) is 4.58. The molecule has 3 fully saturated rings. The van der Waals surface area contributed by atoms with Crippen molar-refractivity contribution < 1.29 is 13.2 Å². The maximum atomic E-state index is 12.7. The molecule has 1 aliphatic heterocycles. The second-order valence-electron chi connectivity index (χ2n) is 7.83. The van der Waals surface area contributed by atoms with E-state index in [9.17, 15) is 13.2 Å². The third-order valence-electron chi connectivity index (χ3n) is 6.15. The molecular weight excluding hydrogens is 336 g/mol. The number of hydrogen-bond acceptors (Lipinski definition) is 3. The Morgan fingerprint density at radius 2 is 1.96 bits per heavy atom. The Hall–Kier alpha value is -1.40. The summed E-state index contributed by atoms with van der Waals surface area (Å²) in [5.41, 5.74) is 0.577. The molecule has 3 aliphatic rings. The summed E-state index contributed by atoms with van der Waals surface area (Å²) in [5.74, 6) is 2.07. The van der Waals surface area contributed by atoms with Crippen molar-refractivity contribution in [1.29, 1.82) is 0 Å². The van der Waals surface area contributed by atoms with Crippen molar-refractivity contribution in [1.82, 2.24) is 4.31 Å². The molecule has 4 rings (SSSR count). The average Bonchev–Trinajstić information content (AvgIpc) is 3.33. The number of benzene rings is 1. The van der Waals surface area contributed by atoms with E-state index in [1.165, 1.54) is 30.0 Å². The van der Waals surface area contributed by atoms with Gasteiger partial charge in [-0.25, -0.2) is 8.42 Å². The van der Waals surface area contributed by atoms with Crippen LogP contribution in [0.25, 0.3) is 0 Å². The standard InChI is InChI=1S/C19H26N2O3S/c22-19(12-16-11-14-6-7-15(16)10-14)20-17-4-3-5-18(13-17)25(23,24)21-8-1-2-9-21/h3-5,13-16H,1-2,6-12H2,(H,20,22)/t14-,15-,16-/m0/s1. The van der Waals surface area contributed by atoms with Crippen LogP contribution < -0.4 is 5.32 Å². The van der Waals surface area contributed by atoms with Crippen LogP contribution in [0, 0.1) is 17.8 Å². The number of rotatable bonds is 5. The summed E-state index contributed by atoms with van der Waals surface area (Å²) in [6.07, 6.45) is 7.47. The quantitative estimate of drug-likeness (QED) is 0.874. The van der Waals surface area contributed by atoms with Crippen LogP contribution in [-0.2, 0) is 14.8 Å². The summed E-state index contributed by atoms with van der Waals surface area (Å²) >= 11 is 0. The van der Waals surface area contributed by atoms with Crippen LogP contribution in [0.15, 0.2) is 29.2 Å². The van der Waals surface area contributed by atoms with Crippen LogP contribution in [0.1, 0.15) is 44.9 Å². The summed E-state index contributed by atoms with van der Waals surface area (Å²) in [6, 6.07) is 6.67. The molecule has 136 valence electrons. The monoisotopic (exact) mass is 362 g/mol. The summed E-state index contributed by atoms with van der Waals surface area (Å²) in [7, 11) is -3.44. The normalized spacial score (nSPS) is 29.2. The fourth-order valence-corrected chi connectivity index (χ4v) is 6.45. The third kappa shape index (κ3) is 3.47. The van der Waals surface area contributed by atoms with Crippen molar-refractivity contribution in [2.24, 2.45) is 17.8 Å². The van der Waals surface area contributed by atoms with Gasteiger partial charge in [-0.05, 0) is 68.1 Å². The van der Waals surface area contributed by atoms with Gasteiger partial charge >= 0.3 is 0 Å². The zero-order valence-corrected chi connectivity index (χ0v) is 15.3.